The second-order valence-corrected chi connectivity index (χ2v) is 19.7. The molecule has 1 aliphatic heterocycles. The van der Waals surface area contributed by atoms with Crippen LogP contribution in [0.2, 0.25) is 26.7 Å². The molecule has 0 N–H and O–H groups in total. The highest BCUT2D eigenvalue weighted by atomic mass is 35.5. The molecule has 2 aromatic carbocycles. The van der Waals surface area contributed by atoms with E-state index < -0.39 is 14.4 Å². The molecule has 256 valence electrons. The van der Waals surface area contributed by atoms with Crippen LogP contribution in [0.25, 0.3) is 11.4 Å². The third-order valence-corrected chi connectivity index (χ3v) is 16.1. The molecule has 1 aliphatic rings. The van der Waals surface area contributed by atoms with Crippen molar-refractivity contribution in [2.75, 3.05) is 25.7 Å². The van der Waals surface area contributed by atoms with Crippen LogP contribution in [-0.4, -0.2) is 54.6 Å². The predicted molar refractivity (Wildman–Crippen MR) is 194 cm³/mol. The monoisotopic (exact) mass is 709 g/mol. The van der Waals surface area contributed by atoms with Gasteiger partial charge in [0.1, 0.15) is 11.9 Å². The summed E-state index contributed by atoms with van der Waals surface area (Å²) in [6.07, 6.45) is 1.63. The lowest BCUT2D eigenvalue weighted by molar-refractivity contribution is 0.0989. The van der Waals surface area contributed by atoms with E-state index in [1.807, 2.05) is 49.4 Å². The molecular weight excluding hydrogens is 665 g/mol. The van der Waals surface area contributed by atoms with Crippen molar-refractivity contribution in [3.8, 4) is 23.3 Å². The maximum atomic E-state index is 14.6. The minimum Gasteiger partial charge on any atom is -0.480 e. The lowest BCUT2D eigenvalue weighted by Crippen LogP contribution is -2.48. The fraction of sp³-hybridized carbons (Fsp3) is 0.444. The standard InChI is InChI=1S/C36H45Cl2N5O4Si/c1-20(2)48(21(3)4,22(5)6)47-19-24(8)42-32-30(40-33(42)28-18-39-36(46-10)41-34(28)45-9)35(44)43(29-17-27(38)14-11-23(29)7)31(32)25-12-15-26(37)16-13-25/h11-18,20-22,24,31H,19H2,1-10H3. The van der Waals surface area contributed by atoms with Crippen molar-refractivity contribution in [1.29, 1.82) is 0 Å². The summed E-state index contributed by atoms with van der Waals surface area (Å²) in [5.74, 6) is 0.552. The van der Waals surface area contributed by atoms with Gasteiger partial charge in [-0.05, 0) is 65.9 Å². The number of methoxy groups -OCH3 is 2. The number of nitrogens with zero attached hydrogens (tertiary/aromatic N) is 5. The highest BCUT2D eigenvalue weighted by molar-refractivity contribution is 6.77. The van der Waals surface area contributed by atoms with Crippen LogP contribution in [0.4, 0.5) is 5.69 Å². The summed E-state index contributed by atoms with van der Waals surface area (Å²) in [6, 6.07) is 12.5. The Labute approximate surface area is 294 Å². The van der Waals surface area contributed by atoms with Crippen molar-refractivity contribution in [3.05, 3.63) is 81.2 Å². The number of rotatable bonds is 12. The summed E-state index contributed by atoms with van der Waals surface area (Å²) in [4.78, 5) is 30.3. The summed E-state index contributed by atoms with van der Waals surface area (Å²) in [5, 5.41) is 1.13. The van der Waals surface area contributed by atoms with Gasteiger partial charge in [0, 0.05) is 21.9 Å². The lowest BCUT2D eigenvalue weighted by atomic mass is 10.0. The van der Waals surface area contributed by atoms with Crippen LogP contribution in [-0.2, 0) is 4.43 Å². The molecule has 0 aliphatic carbocycles. The fourth-order valence-corrected chi connectivity index (χ4v) is 13.3. The first-order valence-electron chi connectivity index (χ1n) is 16.3. The number of carbonyl (C=O) groups is 1. The van der Waals surface area contributed by atoms with Gasteiger partial charge in [0.05, 0.1) is 38.1 Å². The number of halogens is 2. The Bertz CT molecular complexity index is 1770. The molecule has 48 heavy (non-hydrogen) atoms. The molecule has 2 unspecified atom stereocenters. The van der Waals surface area contributed by atoms with Gasteiger partial charge in [-0.3, -0.25) is 9.69 Å². The number of ether oxygens (including phenoxy) is 2. The van der Waals surface area contributed by atoms with E-state index >= 15 is 0 Å². The molecule has 0 saturated heterocycles. The number of anilines is 1. The smallest absolute Gasteiger partial charge is 0.319 e. The van der Waals surface area contributed by atoms with E-state index in [9.17, 15) is 4.79 Å². The Kier molecular flexibility index (Phi) is 10.6. The highest BCUT2D eigenvalue weighted by Gasteiger charge is 2.48. The lowest BCUT2D eigenvalue weighted by Gasteiger charge is -2.43. The predicted octanol–water partition coefficient (Wildman–Crippen LogP) is 9.48. The molecule has 2 aromatic heterocycles. The zero-order valence-electron chi connectivity index (χ0n) is 29.3. The Morgan fingerprint density at radius 3 is 2.08 bits per heavy atom. The maximum Gasteiger partial charge on any atom is 0.319 e. The van der Waals surface area contributed by atoms with Gasteiger partial charge < -0.3 is 18.5 Å². The number of imidazole rings is 1. The minimum absolute atomic E-state index is 0.164. The summed E-state index contributed by atoms with van der Waals surface area (Å²) < 4.78 is 20.3. The average molecular weight is 711 g/mol. The van der Waals surface area contributed by atoms with E-state index in [1.54, 1.807) is 11.1 Å². The second kappa shape index (κ2) is 14.2. The molecule has 12 heteroatoms. The zero-order chi connectivity index (χ0) is 35.1. The maximum absolute atomic E-state index is 14.6. The van der Waals surface area contributed by atoms with Crippen molar-refractivity contribution in [2.24, 2.45) is 0 Å². The van der Waals surface area contributed by atoms with Crippen molar-refractivity contribution in [2.45, 2.75) is 84.1 Å². The van der Waals surface area contributed by atoms with E-state index in [0.717, 1.165) is 16.8 Å². The molecule has 4 aromatic rings. The van der Waals surface area contributed by atoms with Gasteiger partial charge in [0.25, 0.3) is 5.91 Å². The molecule has 0 radical (unpaired) electrons. The van der Waals surface area contributed by atoms with Crippen LogP contribution in [0, 0.1) is 6.92 Å². The van der Waals surface area contributed by atoms with Gasteiger partial charge in [-0.2, -0.15) is 4.98 Å². The molecule has 9 nitrogen and oxygen atoms in total. The summed E-state index contributed by atoms with van der Waals surface area (Å²) in [7, 11) is 0.797. The topological polar surface area (TPSA) is 91.6 Å². The third kappa shape index (κ3) is 6.24. The highest BCUT2D eigenvalue weighted by Crippen LogP contribution is 2.48. The zero-order valence-corrected chi connectivity index (χ0v) is 31.8. The van der Waals surface area contributed by atoms with Gasteiger partial charge in [0.15, 0.2) is 14.0 Å². The van der Waals surface area contributed by atoms with E-state index in [2.05, 4.69) is 63.0 Å². The number of aromatic nitrogens is 4. The Hall–Kier alpha value is -3.44. The third-order valence-electron chi connectivity index (χ3n) is 9.57. The van der Waals surface area contributed by atoms with Crippen molar-refractivity contribution < 1.29 is 18.7 Å². The minimum atomic E-state index is -2.24. The molecule has 5 rings (SSSR count). The van der Waals surface area contributed by atoms with Gasteiger partial charge >= 0.3 is 6.01 Å². The largest absolute Gasteiger partial charge is 0.480 e. The Morgan fingerprint density at radius 1 is 0.875 bits per heavy atom. The van der Waals surface area contributed by atoms with E-state index in [-0.39, 0.29) is 23.8 Å². The van der Waals surface area contributed by atoms with Crippen molar-refractivity contribution in [1.82, 2.24) is 19.5 Å². The molecule has 0 bridgehead atoms. The Balaban J connectivity index is 1.77. The molecule has 0 saturated carbocycles. The Morgan fingerprint density at radius 2 is 1.50 bits per heavy atom. The van der Waals surface area contributed by atoms with Gasteiger partial charge in [-0.15, -0.1) is 0 Å². The molecule has 3 heterocycles. The molecule has 1 amide bonds. The van der Waals surface area contributed by atoms with Crippen LogP contribution in [0.15, 0.2) is 48.7 Å². The van der Waals surface area contributed by atoms with Crippen LogP contribution < -0.4 is 14.4 Å². The van der Waals surface area contributed by atoms with Gasteiger partial charge in [-0.1, -0.05) is 82.9 Å². The van der Waals surface area contributed by atoms with Crippen LogP contribution >= 0.6 is 23.2 Å². The number of amides is 1. The first kappa shape index (κ1) is 35.9. The number of hydrogen-bond donors (Lipinski definition) is 0. The number of aryl methyl sites for hydroxylation is 1. The average Bonchev–Trinajstić information content (AvgIpc) is 3.56. The summed E-state index contributed by atoms with van der Waals surface area (Å²) in [5.41, 5.74) is 5.29. The SMILES string of the molecule is COc1ncc(-c2nc3c(n2C(C)CO[Si](C(C)C)(C(C)C)C(C)C)C(c2ccc(Cl)cc2)N(c2cc(Cl)ccc2C)C3=O)c(OC)n1. The summed E-state index contributed by atoms with van der Waals surface area (Å²) >= 11 is 12.9. The fourth-order valence-electron chi connectivity index (χ4n) is 7.49. The number of benzene rings is 2. The molecule has 0 fully saturated rings. The number of fused-ring (bicyclic) bond motifs is 1. The first-order valence-corrected chi connectivity index (χ1v) is 19.2. The first-order chi connectivity index (χ1) is 22.8. The molecular formula is C36H45Cl2N5O4Si. The number of hydrogen-bond acceptors (Lipinski definition) is 7. The van der Waals surface area contributed by atoms with Crippen LogP contribution in [0.3, 0.4) is 0 Å². The summed E-state index contributed by atoms with van der Waals surface area (Å²) in [6.45, 7) is 18.2. The van der Waals surface area contributed by atoms with E-state index in [1.165, 1.54) is 14.2 Å². The second-order valence-electron chi connectivity index (χ2n) is 13.4. The number of carbonyl (C=O) groups excluding carboxylic acids is 1. The van der Waals surface area contributed by atoms with E-state index in [0.29, 0.717) is 56.0 Å². The molecule has 2 atom stereocenters. The van der Waals surface area contributed by atoms with Crippen LogP contribution in [0.1, 0.15) is 87.9 Å². The van der Waals surface area contributed by atoms with Gasteiger partial charge in [-0.25, -0.2) is 9.97 Å². The van der Waals surface area contributed by atoms with Crippen molar-refractivity contribution >= 4 is 43.1 Å². The quantitative estimate of drug-likeness (QED) is 0.135. The van der Waals surface area contributed by atoms with Crippen molar-refractivity contribution in [3.63, 3.8) is 0 Å². The normalized spacial score (nSPS) is 15.5. The van der Waals surface area contributed by atoms with Crippen LogP contribution in [0.5, 0.6) is 11.9 Å². The van der Waals surface area contributed by atoms with Gasteiger partial charge in [0.2, 0.25) is 5.88 Å². The molecule has 0 spiro atoms. The van der Waals surface area contributed by atoms with E-state index in [4.69, 9.17) is 42.1 Å².